The largest absolute Gasteiger partial charge is 0.294 e. The normalized spacial score (nSPS) is 10.2. The number of nitriles is 1. The van der Waals surface area contributed by atoms with Gasteiger partial charge in [-0.2, -0.15) is 10.4 Å². The van der Waals surface area contributed by atoms with E-state index in [1.807, 2.05) is 23.6 Å². The monoisotopic (exact) mass is 296 g/mol. The molecule has 0 saturated heterocycles. The van der Waals surface area contributed by atoms with Crippen LogP contribution in [0.15, 0.2) is 47.8 Å². The molecular formula is C14H8N4O2S. The average Bonchev–Trinajstić information content (AvgIpc) is 3.16. The summed E-state index contributed by atoms with van der Waals surface area (Å²) in [4.78, 5) is 11.6. The van der Waals surface area contributed by atoms with Gasteiger partial charge >= 0.3 is 0 Å². The highest BCUT2D eigenvalue weighted by Crippen LogP contribution is 2.31. The van der Waals surface area contributed by atoms with Crippen LogP contribution >= 0.6 is 11.3 Å². The molecule has 102 valence electrons. The van der Waals surface area contributed by atoms with E-state index in [9.17, 15) is 10.1 Å². The maximum Gasteiger partial charge on any atom is 0.294 e. The zero-order chi connectivity index (χ0) is 14.8. The number of nitro groups is 1. The van der Waals surface area contributed by atoms with Crippen molar-refractivity contribution in [3.63, 3.8) is 0 Å². The molecule has 0 saturated carbocycles. The lowest BCUT2D eigenvalue weighted by atomic mass is 10.2. The molecular weight excluding hydrogens is 288 g/mol. The number of thiophene rings is 1. The lowest BCUT2D eigenvalue weighted by Crippen LogP contribution is -2.03. The molecule has 0 N–H and O–H groups in total. The van der Waals surface area contributed by atoms with Gasteiger partial charge in [-0.1, -0.05) is 18.2 Å². The van der Waals surface area contributed by atoms with Crippen LogP contribution in [0.3, 0.4) is 0 Å². The van der Waals surface area contributed by atoms with Crippen LogP contribution in [0.2, 0.25) is 0 Å². The Morgan fingerprint density at radius 2 is 2.10 bits per heavy atom. The van der Waals surface area contributed by atoms with Gasteiger partial charge in [0.1, 0.15) is 11.8 Å². The Labute approximate surface area is 123 Å². The topological polar surface area (TPSA) is 84.8 Å². The van der Waals surface area contributed by atoms with Crippen LogP contribution < -0.4 is 0 Å². The van der Waals surface area contributed by atoms with Gasteiger partial charge in [-0.05, 0) is 17.5 Å². The summed E-state index contributed by atoms with van der Waals surface area (Å²) in [5.41, 5.74) is 1.17. The number of para-hydroxylation sites is 2. The quantitative estimate of drug-likeness (QED) is 0.547. The molecule has 7 heteroatoms. The Morgan fingerprint density at radius 1 is 1.29 bits per heavy atom. The Hall–Kier alpha value is -2.98. The molecule has 0 aliphatic carbocycles. The molecule has 6 nitrogen and oxygen atoms in total. The molecule has 0 aliphatic heterocycles. The van der Waals surface area contributed by atoms with Crippen molar-refractivity contribution in [3.8, 4) is 22.3 Å². The molecule has 0 bridgehead atoms. The molecule has 3 aromatic rings. The molecule has 0 radical (unpaired) electrons. The van der Waals surface area contributed by atoms with Gasteiger partial charge < -0.3 is 0 Å². The van der Waals surface area contributed by atoms with Crippen molar-refractivity contribution in [2.75, 3.05) is 0 Å². The fraction of sp³-hybridized carbons (Fsp3) is 0. The van der Waals surface area contributed by atoms with E-state index in [0.29, 0.717) is 11.4 Å². The van der Waals surface area contributed by atoms with Crippen LogP contribution in [0.5, 0.6) is 0 Å². The third-order valence-electron chi connectivity index (χ3n) is 2.90. The number of rotatable bonds is 3. The minimum atomic E-state index is -0.457. The summed E-state index contributed by atoms with van der Waals surface area (Å²) in [6.45, 7) is 0. The first-order valence-electron chi connectivity index (χ1n) is 5.98. The fourth-order valence-corrected chi connectivity index (χ4v) is 2.74. The van der Waals surface area contributed by atoms with Crippen LogP contribution in [0.1, 0.15) is 5.69 Å². The molecule has 1 aromatic carbocycles. The van der Waals surface area contributed by atoms with Crippen molar-refractivity contribution in [2.24, 2.45) is 0 Å². The second kappa shape index (κ2) is 5.19. The van der Waals surface area contributed by atoms with Gasteiger partial charge in [0.25, 0.3) is 5.69 Å². The zero-order valence-electron chi connectivity index (χ0n) is 10.6. The van der Waals surface area contributed by atoms with Crippen molar-refractivity contribution in [3.05, 3.63) is 63.7 Å². The van der Waals surface area contributed by atoms with Crippen molar-refractivity contribution < 1.29 is 4.92 Å². The van der Waals surface area contributed by atoms with Crippen LogP contribution in [0.4, 0.5) is 5.69 Å². The minimum Gasteiger partial charge on any atom is -0.258 e. The molecule has 2 aromatic heterocycles. The smallest absolute Gasteiger partial charge is 0.258 e. The lowest BCUT2D eigenvalue weighted by molar-refractivity contribution is -0.384. The second-order valence-electron chi connectivity index (χ2n) is 4.16. The SMILES string of the molecule is N#Cc1cc(-c2cccs2)n(-c2ccccc2[N+](=O)[O-])n1. The maximum atomic E-state index is 11.2. The standard InChI is InChI=1S/C14H8N4O2S/c15-9-10-8-13(14-6-3-7-21-14)17(16-10)11-4-1-2-5-12(11)18(19)20/h1-8H. The lowest BCUT2D eigenvalue weighted by Gasteiger charge is -2.06. The predicted octanol–water partition coefficient (Wildman–Crippen LogP) is 3.38. The molecule has 3 rings (SSSR count). The van der Waals surface area contributed by atoms with Gasteiger partial charge in [0.15, 0.2) is 5.69 Å². The number of nitro benzene ring substituents is 1. The highest BCUT2D eigenvalue weighted by Gasteiger charge is 2.19. The molecule has 0 unspecified atom stereocenters. The zero-order valence-corrected chi connectivity index (χ0v) is 11.4. The number of aromatic nitrogens is 2. The summed E-state index contributed by atoms with van der Waals surface area (Å²) in [5.74, 6) is 0. The second-order valence-corrected chi connectivity index (χ2v) is 5.11. The molecule has 21 heavy (non-hydrogen) atoms. The molecule has 2 heterocycles. The van der Waals surface area contributed by atoms with Gasteiger partial charge in [0.05, 0.1) is 15.5 Å². The van der Waals surface area contributed by atoms with E-state index >= 15 is 0 Å². The summed E-state index contributed by atoms with van der Waals surface area (Å²) in [6, 6.07) is 13.7. The Kier molecular flexibility index (Phi) is 3.22. The van der Waals surface area contributed by atoms with Crippen molar-refractivity contribution >= 4 is 17.0 Å². The number of hydrogen-bond donors (Lipinski definition) is 0. The predicted molar refractivity (Wildman–Crippen MR) is 78.2 cm³/mol. The minimum absolute atomic E-state index is 0.0529. The van der Waals surface area contributed by atoms with Gasteiger partial charge in [0.2, 0.25) is 0 Å². The molecule has 0 atom stereocenters. The summed E-state index contributed by atoms with van der Waals surface area (Å²) in [7, 11) is 0. The summed E-state index contributed by atoms with van der Waals surface area (Å²) < 4.78 is 1.45. The highest BCUT2D eigenvalue weighted by atomic mass is 32.1. The van der Waals surface area contributed by atoms with Gasteiger partial charge in [-0.3, -0.25) is 10.1 Å². The number of hydrogen-bond acceptors (Lipinski definition) is 5. The molecule has 0 aliphatic rings. The first-order chi connectivity index (χ1) is 10.2. The van der Waals surface area contributed by atoms with Gasteiger partial charge in [-0.15, -0.1) is 11.3 Å². The molecule has 0 spiro atoms. The Bertz CT molecular complexity index is 846. The molecule has 0 fully saturated rings. The van der Waals surface area contributed by atoms with E-state index < -0.39 is 4.92 Å². The Morgan fingerprint density at radius 3 is 2.76 bits per heavy atom. The fourth-order valence-electron chi connectivity index (χ4n) is 2.02. The number of nitrogens with zero attached hydrogens (tertiary/aromatic N) is 4. The van der Waals surface area contributed by atoms with E-state index in [1.54, 1.807) is 24.3 Å². The third-order valence-corrected chi connectivity index (χ3v) is 3.80. The van der Waals surface area contributed by atoms with Crippen molar-refractivity contribution in [1.82, 2.24) is 9.78 Å². The Balaban J connectivity index is 2.27. The van der Waals surface area contributed by atoms with E-state index in [-0.39, 0.29) is 11.4 Å². The van der Waals surface area contributed by atoms with E-state index in [4.69, 9.17) is 5.26 Å². The summed E-state index contributed by atoms with van der Waals surface area (Å²) in [5, 5.41) is 26.3. The summed E-state index contributed by atoms with van der Waals surface area (Å²) >= 11 is 1.48. The first kappa shape index (κ1) is 13.0. The maximum absolute atomic E-state index is 11.2. The van der Waals surface area contributed by atoms with E-state index in [0.717, 1.165) is 4.88 Å². The third kappa shape index (κ3) is 2.28. The first-order valence-corrected chi connectivity index (χ1v) is 6.86. The number of benzene rings is 1. The highest BCUT2D eigenvalue weighted by molar-refractivity contribution is 7.13. The van der Waals surface area contributed by atoms with Crippen LogP contribution in [-0.2, 0) is 0 Å². The average molecular weight is 296 g/mol. The van der Waals surface area contributed by atoms with Gasteiger partial charge in [-0.25, -0.2) is 4.68 Å². The summed E-state index contributed by atoms with van der Waals surface area (Å²) in [6.07, 6.45) is 0. The molecule has 0 amide bonds. The van der Waals surface area contributed by atoms with Gasteiger partial charge in [0, 0.05) is 12.1 Å². The van der Waals surface area contributed by atoms with Crippen LogP contribution in [0.25, 0.3) is 16.3 Å². The van der Waals surface area contributed by atoms with Crippen molar-refractivity contribution in [1.29, 1.82) is 5.26 Å². The van der Waals surface area contributed by atoms with Crippen molar-refractivity contribution in [2.45, 2.75) is 0 Å². The van der Waals surface area contributed by atoms with Crippen LogP contribution in [0, 0.1) is 21.4 Å². The van der Waals surface area contributed by atoms with Crippen LogP contribution in [-0.4, -0.2) is 14.7 Å². The van der Waals surface area contributed by atoms with E-state index in [1.165, 1.54) is 22.1 Å². The van der Waals surface area contributed by atoms with E-state index in [2.05, 4.69) is 5.10 Å².